The van der Waals surface area contributed by atoms with Crippen molar-refractivity contribution in [3.05, 3.63) is 29.8 Å². The Morgan fingerprint density at radius 1 is 1.29 bits per heavy atom. The Kier molecular flexibility index (Phi) is 5.37. The SMILES string of the molecule is CCC(C)c1ccc(NC(=O)COC(=O)C2CCC2)cc1. The van der Waals surface area contributed by atoms with Gasteiger partial charge in [-0.15, -0.1) is 0 Å². The average molecular weight is 289 g/mol. The number of rotatable bonds is 6. The van der Waals surface area contributed by atoms with Gasteiger partial charge in [0, 0.05) is 5.69 Å². The van der Waals surface area contributed by atoms with Crippen molar-refractivity contribution >= 4 is 17.6 Å². The summed E-state index contributed by atoms with van der Waals surface area (Å²) in [5.74, 6) is -0.0201. The molecule has 1 aromatic carbocycles. The Labute approximate surface area is 125 Å². The minimum atomic E-state index is -0.293. The van der Waals surface area contributed by atoms with Gasteiger partial charge in [0.05, 0.1) is 5.92 Å². The van der Waals surface area contributed by atoms with Crippen LogP contribution in [0.2, 0.25) is 0 Å². The molecule has 1 N–H and O–H groups in total. The molecule has 21 heavy (non-hydrogen) atoms. The van der Waals surface area contributed by atoms with Crippen molar-refractivity contribution in [1.82, 2.24) is 0 Å². The van der Waals surface area contributed by atoms with E-state index in [0.29, 0.717) is 5.92 Å². The molecule has 4 heteroatoms. The summed E-state index contributed by atoms with van der Waals surface area (Å²) >= 11 is 0. The third-order valence-corrected chi connectivity index (χ3v) is 4.16. The summed E-state index contributed by atoms with van der Waals surface area (Å²) in [5.41, 5.74) is 1.98. The van der Waals surface area contributed by atoms with Crippen molar-refractivity contribution in [2.45, 2.75) is 45.4 Å². The summed E-state index contributed by atoms with van der Waals surface area (Å²) in [7, 11) is 0. The normalized spacial score (nSPS) is 15.9. The molecule has 0 heterocycles. The Bertz CT molecular complexity index is 491. The molecule has 1 atom stereocenters. The van der Waals surface area contributed by atoms with E-state index >= 15 is 0 Å². The van der Waals surface area contributed by atoms with E-state index < -0.39 is 0 Å². The molecular weight excluding hydrogens is 266 g/mol. The quantitative estimate of drug-likeness (QED) is 0.816. The van der Waals surface area contributed by atoms with Crippen molar-refractivity contribution in [3.8, 4) is 0 Å². The molecule has 1 fully saturated rings. The van der Waals surface area contributed by atoms with E-state index in [1.165, 1.54) is 5.56 Å². The number of ether oxygens (including phenoxy) is 1. The van der Waals surface area contributed by atoms with Crippen LogP contribution < -0.4 is 5.32 Å². The fourth-order valence-corrected chi connectivity index (χ4v) is 2.23. The lowest BCUT2D eigenvalue weighted by Gasteiger charge is -2.22. The highest BCUT2D eigenvalue weighted by atomic mass is 16.5. The minimum Gasteiger partial charge on any atom is -0.455 e. The fraction of sp³-hybridized carbons (Fsp3) is 0.529. The average Bonchev–Trinajstić information content (AvgIpc) is 2.43. The molecule has 1 aliphatic rings. The molecule has 1 saturated carbocycles. The highest BCUT2D eigenvalue weighted by Crippen LogP contribution is 2.27. The Morgan fingerprint density at radius 2 is 1.95 bits per heavy atom. The number of esters is 1. The lowest BCUT2D eigenvalue weighted by atomic mass is 9.86. The number of amides is 1. The molecule has 0 aliphatic heterocycles. The second-order valence-corrected chi connectivity index (χ2v) is 5.72. The molecule has 1 amide bonds. The summed E-state index contributed by atoms with van der Waals surface area (Å²) in [6.45, 7) is 4.12. The van der Waals surface area contributed by atoms with Gasteiger partial charge >= 0.3 is 5.97 Å². The first-order chi connectivity index (χ1) is 10.1. The summed E-state index contributed by atoms with van der Waals surface area (Å²) in [6, 6.07) is 7.80. The highest BCUT2D eigenvalue weighted by Gasteiger charge is 2.27. The van der Waals surface area contributed by atoms with Crippen LogP contribution >= 0.6 is 0 Å². The molecule has 0 radical (unpaired) electrons. The van der Waals surface area contributed by atoms with Gasteiger partial charge in [0.1, 0.15) is 0 Å². The van der Waals surface area contributed by atoms with Crippen molar-refractivity contribution in [1.29, 1.82) is 0 Å². The largest absolute Gasteiger partial charge is 0.455 e. The Hall–Kier alpha value is -1.84. The monoisotopic (exact) mass is 289 g/mol. The molecule has 114 valence electrons. The van der Waals surface area contributed by atoms with Gasteiger partial charge in [-0.05, 0) is 42.9 Å². The van der Waals surface area contributed by atoms with Crippen LogP contribution in [-0.4, -0.2) is 18.5 Å². The zero-order valence-corrected chi connectivity index (χ0v) is 12.7. The number of nitrogens with one attached hydrogen (secondary N) is 1. The standard InChI is InChI=1S/C17H23NO3/c1-3-12(2)13-7-9-15(10-8-13)18-16(19)11-21-17(20)14-5-4-6-14/h7-10,12,14H,3-6,11H2,1-2H3,(H,18,19). The summed E-state index contributed by atoms with van der Waals surface area (Å²) in [5, 5.41) is 2.74. The van der Waals surface area contributed by atoms with E-state index in [2.05, 4.69) is 19.2 Å². The van der Waals surface area contributed by atoms with Crippen LogP contribution in [0.3, 0.4) is 0 Å². The number of anilines is 1. The molecule has 1 unspecified atom stereocenters. The first kappa shape index (κ1) is 15.5. The first-order valence-corrected chi connectivity index (χ1v) is 7.66. The summed E-state index contributed by atoms with van der Waals surface area (Å²) in [6.07, 6.45) is 3.94. The van der Waals surface area contributed by atoms with E-state index in [1.807, 2.05) is 24.3 Å². The zero-order chi connectivity index (χ0) is 15.2. The highest BCUT2D eigenvalue weighted by molar-refractivity contribution is 5.92. The molecule has 0 aromatic heterocycles. The fourth-order valence-electron chi connectivity index (χ4n) is 2.23. The van der Waals surface area contributed by atoms with Crippen LogP contribution in [-0.2, 0) is 14.3 Å². The summed E-state index contributed by atoms with van der Waals surface area (Å²) < 4.78 is 5.01. The van der Waals surface area contributed by atoms with Gasteiger partial charge in [0.25, 0.3) is 5.91 Å². The second kappa shape index (κ2) is 7.25. The van der Waals surface area contributed by atoms with Crippen LogP contribution in [0.4, 0.5) is 5.69 Å². The van der Waals surface area contributed by atoms with Gasteiger partial charge in [-0.2, -0.15) is 0 Å². The molecule has 0 saturated heterocycles. The maximum Gasteiger partial charge on any atom is 0.309 e. The zero-order valence-electron chi connectivity index (χ0n) is 12.7. The number of hydrogen-bond donors (Lipinski definition) is 1. The number of benzene rings is 1. The minimum absolute atomic E-state index is 0.00705. The maximum absolute atomic E-state index is 11.7. The predicted octanol–water partition coefficient (Wildman–Crippen LogP) is 3.48. The lowest BCUT2D eigenvalue weighted by Crippen LogP contribution is -2.28. The van der Waals surface area contributed by atoms with Gasteiger partial charge in [0.15, 0.2) is 6.61 Å². The maximum atomic E-state index is 11.7. The molecule has 1 aromatic rings. The van der Waals surface area contributed by atoms with E-state index in [-0.39, 0.29) is 24.4 Å². The molecule has 0 spiro atoms. The summed E-state index contributed by atoms with van der Waals surface area (Å²) in [4.78, 5) is 23.3. The topological polar surface area (TPSA) is 55.4 Å². The molecule has 1 aliphatic carbocycles. The number of hydrogen-bond acceptors (Lipinski definition) is 3. The van der Waals surface area contributed by atoms with Crippen LogP contribution in [0.5, 0.6) is 0 Å². The second-order valence-electron chi connectivity index (χ2n) is 5.72. The first-order valence-electron chi connectivity index (χ1n) is 7.66. The van der Waals surface area contributed by atoms with Gasteiger partial charge < -0.3 is 10.1 Å². The third kappa shape index (κ3) is 4.31. The van der Waals surface area contributed by atoms with Gasteiger partial charge in [0.2, 0.25) is 0 Å². The number of carbonyl (C=O) groups excluding carboxylic acids is 2. The van der Waals surface area contributed by atoms with Crippen LogP contribution in [0.1, 0.15) is 51.0 Å². The van der Waals surface area contributed by atoms with E-state index in [1.54, 1.807) is 0 Å². The molecular formula is C17H23NO3. The van der Waals surface area contributed by atoms with Crippen molar-refractivity contribution in [2.24, 2.45) is 5.92 Å². The van der Waals surface area contributed by atoms with E-state index in [9.17, 15) is 9.59 Å². The lowest BCUT2D eigenvalue weighted by molar-refractivity contribution is -0.154. The van der Waals surface area contributed by atoms with Crippen LogP contribution in [0.15, 0.2) is 24.3 Å². The van der Waals surface area contributed by atoms with Gasteiger partial charge in [-0.25, -0.2) is 0 Å². The van der Waals surface area contributed by atoms with Crippen LogP contribution in [0, 0.1) is 5.92 Å². The van der Waals surface area contributed by atoms with Crippen molar-refractivity contribution in [3.63, 3.8) is 0 Å². The van der Waals surface area contributed by atoms with E-state index in [0.717, 1.165) is 31.4 Å². The van der Waals surface area contributed by atoms with Gasteiger partial charge in [-0.3, -0.25) is 9.59 Å². The van der Waals surface area contributed by atoms with Gasteiger partial charge in [-0.1, -0.05) is 32.4 Å². The Balaban J connectivity index is 1.78. The van der Waals surface area contributed by atoms with E-state index in [4.69, 9.17) is 4.74 Å². The molecule has 4 nitrogen and oxygen atoms in total. The number of carbonyl (C=O) groups is 2. The van der Waals surface area contributed by atoms with Crippen molar-refractivity contribution < 1.29 is 14.3 Å². The van der Waals surface area contributed by atoms with Crippen molar-refractivity contribution in [2.75, 3.05) is 11.9 Å². The molecule has 2 rings (SSSR count). The third-order valence-electron chi connectivity index (χ3n) is 4.16. The predicted molar refractivity (Wildman–Crippen MR) is 82.1 cm³/mol. The molecule has 0 bridgehead atoms. The van der Waals surface area contributed by atoms with Crippen LogP contribution in [0.25, 0.3) is 0 Å². The smallest absolute Gasteiger partial charge is 0.309 e. The Morgan fingerprint density at radius 3 is 2.48 bits per heavy atom.